The van der Waals surface area contributed by atoms with Crippen LogP contribution in [0.25, 0.3) is 0 Å². The van der Waals surface area contributed by atoms with Crippen molar-refractivity contribution in [1.29, 1.82) is 0 Å². The Morgan fingerprint density at radius 2 is 2.41 bits per heavy atom. The van der Waals surface area contributed by atoms with Gasteiger partial charge in [-0.25, -0.2) is 4.79 Å². The first-order valence-corrected chi connectivity index (χ1v) is 5.51. The zero-order valence-corrected chi connectivity index (χ0v) is 9.97. The average Bonchev–Trinajstić information content (AvgIpc) is 2.71. The SMILES string of the molecule is CNCC1COC(=O)N1c1cccc(OC)c1. The van der Waals surface area contributed by atoms with Crippen LogP contribution in [0.4, 0.5) is 10.5 Å². The number of carbonyl (C=O) groups is 1. The fourth-order valence-corrected chi connectivity index (χ4v) is 1.92. The number of amides is 1. The van der Waals surface area contributed by atoms with Crippen molar-refractivity contribution in [2.45, 2.75) is 6.04 Å². The summed E-state index contributed by atoms with van der Waals surface area (Å²) in [6.07, 6.45) is -0.307. The second-order valence-corrected chi connectivity index (χ2v) is 3.86. The molecule has 17 heavy (non-hydrogen) atoms. The molecule has 1 aromatic rings. The first kappa shape index (κ1) is 11.7. The molecule has 2 rings (SSSR count). The molecule has 0 spiro atoms. The van der Waals surface area contributed by atoms with Gasteiger partial charge < -0.3 is 14.8 Å². The molecule has 5 heteroatoms. The van der Waals surface area contributed by atoms with Crippen LogP contribution < -0.4 is 15.0 Å². The fourth-order valence-electron chi connectivity index (χ4n) is 1.92. The first-order chi connectivity index (χ1) is 8.26. The molecule has 5 nitrogen and oxygen atoms in total. The Labute approximate surface area is 100 Å². The molecule has 1 heterocycles. The summed E-state index contributed by atoms with van der Waals surface area (Å²) in [7, 11) is 3.46. The normalized spacial score (nSPS) is 19.3. The van der Waals surface area contributed by atoms with E-state index >= 15 is 0 Å². The minimum absolute atomic E-state index is 0.0274. The van der Waals surface area contributed by atoms with Gasteiger partial charge in [0.15, 0.2) is 0 Å². The highest BCUT2D eigenvalue weighted by atomic mass is 16.6. The molecule has 0 saturated carbocycles. The number of cyclic esters (lactones) is 1. The lowest BCUT2D eigenvalue weighted by atomic mass is 10.2. The number of ether oxygens (including phenoxy) is 2. The van der Waals surface area contributed by atoms with E-state index in [2.05, 4.69) is 5.32 Å². The van der Waals surface area contributed by atoms with Crippen LogP contribution in [0.3, 0.4) is 0 Å². The largest absolute Gasteiger partial charge is 0.497 e. The Balaban J connectivity index is 2.26. The van der Waals surface area contributed by atoms with Crippen molar-refractivity contribution in [3.05, 3.63) is 24.3 Å². The van der Waals surface area contributed by atoms with Crippen molar-refractivity contribution in [3.63, 3.8) is 0 Å². The van der Waals surface area contributed by atoms with Crippen molar-refractivity contribution in [3.8, 4) is 5.75 Å². The topological polar surface area (TPSA) is 50.8 Å². The van der Waals surface area contributed by atoms with E-state index in [0.29, 0.717) is 13.2 Å². The second-order valence-electron chi connectivity index (χ2n) is 3.86. The number of hydrogen-bond acceptors (Lipinski definition) is 4. The number of likely N-dealkylation sites (N-methyl/N-ethyl adjacent to an activating group) is 1. The summed E-state index contributed by atoms with van der Waals surface area (Å²) in [5.74, 6) is 0.727. The van der Waals surface area contributed by atoms with Gasteiger partial charge in [0.25, 0.3) is 0 Å². The maximum absolute atomic E-state index is 11.7. The van der Waals surface area contributed by atoms with Crippen molar-refractivity contribution >= 4 is 11.8 Å². The van der Waals surface area contributed by atoms with Gasteiger partial charge in [-0.15, -0.1) is 0 Å². The molecule has 0 radical (unpaired) electrons. The van der Waals surface area contributed by atoms with Gasteiger partial charge in [-0.3, -0.25) is 4.90 Å². The third kappa shape index (κ3) is 2.34. The molecule has 0 aliphatic carbocycles. The third-order valence-corrected chi connectivity index (χ3v) is 2.73. The molecule has 1 aromatic carbocycles. The van der Waals surface area contributed by atoms with Crippen LogP contribution in [-0.4, -0.2) is 39.4 Å². The van der Waals surface area contributed by atoms with Crippen molar-refractivity contribution in [1.82, 2.24) is 5.32 Å². The summed E-state index contributed by atoms with van der Waals surface area (Å²) in [6, 6.07) is 7.43. The molecule has 1 unspecified atom stereocenters. The monoisotopic (exact) mass is 236 g/mol. The van der Waals surface area contributed by atoms with E-state index in [0.717, 1.165) is 11.4 Å². The van der Waals surface area contributed by atoms with Crippen LogP contribution >= 0.6 is 0 Å². The Morgan fingerprint density at radius 1 is 1.59 bits per heavy atom. The zero-order chi connectivity index (χ0) is 12.3. The van der Waals surface area contributed by atoms with Crippen molar-refractivity contribution in [2.24, 2.45) is 0 Å². The van der Waals surface area contributed by atoms with E-state index in [9.17, 15) is 4.79 Å². The van der Waals surface area contributed by atoms with E-state index in [-0.39, 0.29) is 12.1 Å². The number of benzene rings is 1. The lowest BCUT2D eigenvalue weighted by Gasteiger charge is -2.21. The van der Waals surface area contributed by atoms with E-state index in [1.807, 2.05) is 31.3 Å². The van der Waals surface area contributed by atoms with Gasteiger partial charge in [0.2, 0.25) is 0 Å². The highest BCUT2D eigenvalue weighted by molar-refractivity contribution is 5.90. The van der Waals surface area contributed by atoms with Crippen LogP contribution in [0, 0.1) is 0 Å². The number of nitrogens with one attached hydrogen (secondary N) is 1. The second kappa shape index (κ2) is 5.05. The molecular weight excluding hydrogens is 220 g/mol. The van der Waals surface area contributed by atoms with Gasteiger partial charge >= 0.3 is 6.09 Å². The summed E-state index contributed by atoms with van der Waals surface area (Å²) >= 11 is 0. The molecule has 1 atom stereocenters. The number of methoxy groups -OCH3 is 1. The van der Waals surface area contributed by atoms with Crippen molar-refractivity contribution in [2.75, 3.05) is 32.2 Å². The molecule has 1 saturated heterocycles. The van der Waals surface area contributed by atoms with E-state index in [1.165, 1.54) is 0 Å². The summed E-state index contributed by atoms with van der Waals surface area (Å²) in [6.45, 7) is 1.11. The lowest BCUT2D eigenvalue weighted by molar-refractivity contribution is 0.178. The third-order valence-electron chi connectivity index (χ3n) is 2.73. The molecule has 1 aliphatic rings. The Kier molecular flexibility index (Phi) is 3.49. The van der Waals surface area contributed by atoms with Crippen molar-refractivity contribution < 1.29 is 14.3 Å². The quantitative estimate of drug-likeness (QED) is 0.854. The van der Waals surface area contributed by atoms with Crippen LogP contribution in [0.1, 0.15) is 0 Å². The average molecular weight is 236 g/mol. The highest BCUT2D eigenvalue weighted by Crippen LogP contribution is 2.26. The minimum atomic E-state index is -0.307. The van der Waals surface area contributed by atoms with Gasteiger partial charge in [-0.05, 0) is 19.2 Å². The van der Waals surface area contributed by atoms with E-state index in [1.54, 1.807) is 12.0 Å². The zero-order valence-electron chi connectivity index (χ0n) is 9.97. The highest BCUT2D eigenvalue weighted by Gasteiger charge is 2.33. The lowest BCUT2D eigenvalue weighted by Crippen LogP contribution is -2.40. The minimum Gasteiger partial charge on any atom is -0.497 e. The van der Waals surface area contributed by atoms with Gasteiger partial charge in [0.05, 0.1) is 18.8 Å². The van der Waals surface area contributed by atoms with E-state index < -0.39 is 0 Å². The predicted octanol–water partition coefficient (Wildman–Crippen LogP) is 1.24. The van der Waals surface area contributed by atoms with Crippen LogP contribution in [0.2, 0.25) is 0 Å². The summed E-state index contributed by atoms with van der Waals surface area (Å²) in [4.78, 5) is 13.3. The van der Waals surface area contributed by atoms with Crippen LogP contribution in [0.15, 0.2) is 24.3 Å². The molecule has 92 valence electrons. The molecule has 0 aromatic heterocycles. The fraction of sp³-hybridized carbons (Fsp3) is 0.417. The standard InChI is InChI=1S/C12H16N2O3/c1-13-7-10-8-17-12(15)14(10)9-4-3-5-11(6-9)16-2/h3-6,10,13H,7-8H2,1-2H3. The predicted molar refractivity (Wildman–Crippen MR) is 64.5 cm³/mol. The van der Waals surface area contributed by atoms with Gasteiger partial charge in [-0.1, -0.05) is 6.07 Å². The maximum atomic E-state index is 11.7. The Hall–Kier alpha value is -1.75. The van der Waals surface area contributed by atoms with Gasteiger partial charge in [0.1, 0.15) is 12.4 Å². The van der Waals surface area contributed by atoms with Gasteiger partial charge in [0, 0.05) is 12.6 Å². The molecule has 1 aliphatic heterocycles. The first-order valence-electron chi connectivity index (χ1n) is 5.51. The molecule has 1 N–H and O–H groups in total. The summed E-state index contributed by atoms with van der Waals surface area (Å²) < 4.78 is 10.2. The summed E-state index contributed by atoms with van der Waals surface area (Å²) in [5, 5.41) is 3.05. The van der Waals surface area contributed by atoms with Crippen LogP contribution in [0.5, 0.6) is 5.75 Å². The van der Waals surface area contributed by atoms with Crippen LogP contribution in [-0.2, 0) is 4.74 Å². The number of hydrogen-bond donors (Lipinski definition) is 1. The Bertz CT molecular complexity index is 408. The number of carbonyl (C=O) groups excluding carboxylic acids is 1. The number of rotatable bonds is 4. The number of anilines is 1. The smallest absolute Gasteiger partial charge is 0.414 e. The summed E-state index contributed by atoms with van der Waals surface area (Å²) in [5.41, 5.74) is 0.798. The maximum Gasteiger partial charge on any atom is 0.414 e. The molecule has 1 amide bonds. The molecule has 1 fully saturated rings. The van der Waals surface area contributed by atoms with Gasteiger partial charge in [-0.2, -0.15) is 0 Å². The molecule has 0 bridgehead atoms. The molecular formula is C12H16N2O3. The Morgan fingerprint density at radius 3 is 3.12 bits per heavy atom. The number of nitrogens with zero attached hydrogens (tertiary/aromatic N) is 1. The van der Waals surface area contributed by atoms with E-state index in [4.69, 9.17) is 9.47 Å².